The summed E-state index contributed by atoms with van der Waals surface area (Å²) in [5, 5.41) is 0.903. The molecule has 0 bridgehead atoms. The monoisotopic (exact) mass is 380 g/mol. The number of rotatable bonds is 5. The van der Waals surface area contributed by atoms with Gasteiger partial charge in [0, 0.05) is 18.7 Å². The standard InChI is InChI=1S/C21H20N2O3S/c1-14(21(25)23-13-12-15-6-2-4-8-17(15)23)26-20(24)11-10-19-22-16-7-3-5-9-18(16)27-19/h2-9,14H,10-13H2,1H3/t14-/m0/s1. The van der Waals surface area contributed by atoms with Gasteiger partial charge >= 0.3 is 5.97 Å². The van der Waals surface area contributed by atoms with Crippen molar-refractivity contribution in [3.8, 4) is 0 Å². The quantitative estimate of drug-likeness (QED) is 0.633. The highest BCUT2D eigenvalue weighted by molar-refractivity contribution is 7.18. The second kappa shape index (κ2) is 7.48. The van der Waals surface area contributed by atoms with E-state index in [1.54, 1.807) is 23.2 Å². The Bertz CT molecular complexity index is 965. The Labute approximate surface area is 161 Å². The summed E-state index contributed by atoms with van der Waals surface area (Å²) < 4.78 is 6.49. The third kappa shape index (κ3) is 3.71. The summed E-state index contributed by atoms with van der Waals surface area (Å²) in [6, 6.07) is 15.7. The molecule has 1 amide bonds. The van der Waals surface area contributed by atoms with Crippen LogP contribution in [0.5, 0.6) is 0 Å². The molecular weight excluding hydrogens is 360 g/mol. The van der Waals surface area contributed by atoms with Crippen LogP contribution in [0.15, 0.2) is 48.5 Å². The third-order valence-corrected chi connectivity index (χ3v) is 5.79. The van der Waals surface area contributed by atoms with Crippen molar-refractivity contribution >= 4 is 39.1 Å². The van der Waals surface area contributed by atoms with Gasteiger partial charge in [0.05, 0.1) is 21.6 Å². The predicted molar refractivity (Wildman–Crippen MR) is 106 cm³/mol. The topological polar surface area (TPSA) is 59.5 Å². The fourth-order valence-electron chi connectivity index (χ4n) is 3.33. The van der Waals surface area contributed by atoms with E-state index in [-0.39, 0.29) is 18.3 Å². The van der Waals surface area contributed by atoms with Crippen molar-refractivity contribution < 1.29 is 14.3 Å². The fourth-order valence-corrected chi connectivity index (χ4v) is 4.30. The van der Waals surface area contributed by atoms with E-state index in [4.69, 9.17) is 4.74 Å². The molecular formula is C21H20N2O3S. The molecule has 4 rings (SSSR count). The van der Waals surface area contributed by atoms with Gasteiger partial charge in [0.25, 0.3) is 5.91 Å². The first-order chi connectivity index (χ1) is 13.1. The van der Waals surface area contributed by atoms with Crippen molar-refractivity contribution in [2.45, 2.75) is 32.3 Å². The van der Waals surface area contributed by atoms with Gasteiger partial charge in [0.1, 0.15) is 0 Å². The van der Waals surface area contributed by atoms with E-state index in [9.17, 15) is 9.59 Å². The van der Waals surface area contributed by atoms with Crippen molar-refractivity contribution in [3.05, 3.63) is 59.1 Å². The summed E-state index contributed by atoms with van der Waals surface area (Å²) in [5.74, 6) is -0.545. The highest BCUT2D eigenvalue weighted by atomic mass is 32.1. The van der Waals surface area contributed by atoms with Gasteiger partial charge in [-0.3, -0.25) is 9.59 Å². The number of aromatic nitrogens is 1. The van der Waals surface area contributed by atoms with Gasteiger partial charge in [-0.1, -0.05) is 30.3 Å². The predicted octanol–water partition coefficient (Wildman–Crippen LogP) is 3.75. The van der Waals surface area contributed by atoms with Crippen LogP contribution in [0.3, 0.4) is 0 Å². The molecule has 0 saturated heterocycles. The van der Waals surface area contributed by atoms with Crippen LogP contribution < -0.4 is 4.90 Å². The normalized spacial score (nSPS) is 14.2. The number of aryl methyl sites for hydroxylation is 1. The maximum Gasteiger partial charge on any atom is 0.306 e. The number of thiazole rings is 1. The molecule has 1 aromatic heterocycles. The number of esters is 1. The number of amides is 1. The Morgan fingerprint density at radius 1 is 1.19 bits per heavy atom. The lowest BCUT2D eigenvalue weighted by Crippen LogP contribution is -2.39. The molecule has 2 heterocycles. The number of carbonyl (C=O) groups excluding carboxylic acids is 2. The van der Waals surface area contributed by atoms with Crippen LogP contribution in [0.2, 0.25) is 0 Å². The van der Waals surface area contributed by atoms with Gasteiger partial charge in [-0.25, -0.2) is 4.98 Å². The van der Waals surface area contributed by atoms with E-state index in [0.717, 1.165) is 32.9 Å². The Hall–Kier alpha value is -2.73. The highest BCUT2D eigenvalue weighted by Crippen LogP contribution is 2.28. The van der Waals surface area contributed by atoms with E-state index in [2.05, 4.69) is 4.98 Å². The maximum absolute atomic E-state index is 12.7. The van der Waals surface area contributed by atoms with E-state index in [0.29, 0.717) is 13.0 Å². The molecule has 0 radical (unpaired) electrons. The molecule has 0 N–H and O–H groups in total. The molecule has 138 valence electrons. The minimum Gasteiger partial charge on any atom is -0.453 e. The molecule has 5 nitrogen and oxygen atoms in total. The molecule has 27 heavy (non-hydrogen) atoms. The first kappa shape index (κ1) is 17.7. The van der Waals surface area contributed by atoms with Gasteiger partial charge in [0.2, 0.25) is 0 Å². The number of hydrogen-bond donors (Lipinski definition) is 0. The Morgan fingerprint density at radius 3 is 2.81 bits per heavy atom. The lowest BCUT2D eigenvalue weighted by atomic mass is 10.2. The van der Waals surface area contributed by atoms with Crippen LogP contribution in [0, 0.1) is 0 Å². The van der Waals surface area contributed by atoms with Gasteiger partial charge in [-0.2, -0.15) is 0 Å². The number of fused-ring (bicyclic) bond motifs is 2. The second-order valence-electron chi connectivity index (χ2n) is 6.58. The van der Waals surface area contributed by atoms with Crippen molar-refractivity contribution in [1.29, 1.82) is 0 Å². The molecule has 6 heteroatoms. The number of ether oxygens (including phenoxy) is 1. The summed E-state index contributed by atoms with van der Waals surface area (Å²) in [6.07, 6.45) is 0.777. The zero-order valence-corrected chi connectivity index (χ0v) is 15.9. The van der Waals surface area contributed by atoms with Crippen LogP contribution in [0.4, 0.5) is 5.69 Å². The minimum atomic E-state index is -0.793. The maximum atomic E-state index is 12.7. The lowest BCUT2D eigenvalue weighted by molar-refractivity contribution is -0.153. The van der Waals surface area contributed by atoms with E-state index in [1.165, 1.54) is 0 Å². The number of anilines is 1. The molecule has 0 fully saturated rings. The molecule has 2 aromatic carbocycles. The smallest absolute Gasteiger partial charge is 0.306 e. The molecule has 0 spiro atoms. The summed E-state index contributed by atoms with van der Waals surface area (Å²) in [6.45, 7) is 2.27. The summed E-state index contributed by atoms with van der Waals surface area (Å²) in [5.41, 5.74) is 3.02. The van der Waals surface area contributed by atoms with E-state index >= 15 is 0 Å². The Morgan fingerprint density at radius 2 is 1.96 bits per heavy atom. The van der Waals surface area contributed by atoms with Crippen molar-refractivity contribution in [1.82, 2.24) is 4.98 Å². The van der Waals surface area contributed by atoms with Gasteiger partial charge in [-0.05, 0) is 37.1 Å². The number of benzene rings is 2. The number of carbonyl (C=O) groups is 2. The van der Waals surface area contributed by atoms with E-state index < -0.39 is 6.10 Å². The first-order valence-electron chi connectivity index (χ1n) is 9.05. The largest absolute Gasteiger partial charge is 0.453 e. The molecule has 1 atom stereocenters. The zero-order valence-electron chi connectivity index (χ0n) is 15.1. The number of hydrogen-bond acceptors (Lipinski definition) is 5. The van der Waals surface area contributed by atoms with E-state index in [1.807, 2.05) is 48.5 Å². The molecule has 3 aromatic rings. The lowest BCUT2D eigenvalue weighted by Gasteiger charge is -2.21. The van der Waals surface area contributed by atoms with Crippen LogP contribution in [-0.4, -0.2) is 29.5 Å². The number of para-hydroxylation sites is 2. The third-order valence-electron chi connectivity index (χ3n) is 4.69. The minimum absolute atomic E-state index is 0.173. The SMILES string of the molecule is C[C@H](OC(=O)CCc1nc2ccccc2s1)C(=O)N1CCc2ccccc21. The average Bonchev–Trinajstić information content (AvgIpc) is 3.29. The van der Waals surface area contributed by atoms with Gasteiger partial charge < -0.3 is 9.64 Å². The first-order valence-corrected chi connectivity index (χ1v) is 9.86. The zero-order chi connectivity index (χ0) is 18.8. The fraction of sp³-hybridized carbons (Fsp3) is 0.286. The molecule has 0 saturated carbocycles. The van der Waals surface area contributed by atoms with Crippen LogP contribution in [0.25, 0.3) is 10.2 Å². The molecule has 0 aliphatic carbocycles. The average molecular weight is 380 g/mol. The van der Waals surface area contributed by atoms with Crippen molar-refractivity contribution in [3.63, 3.8) is 0 Å². The molecule has 0 unspecified atom stereocenters. The number of nitrogens with zero attached hydrogens (tertiary/aromatic N) is 2. The van der Waals surface area contributed by atoms with Gasteiger partial charge in [-0.15, -0.1) is 11.3 Å². The van der Waals surface area contributed by atoms with Crippen molar-refractivity contribution in [2.75, 3.05) is 11.4 Å². The molecule has 1 aliphatic heterocycles. The second-order valence-corrected chi connectivity index (χ2v) is 7.69. The van der Waals surface area contributed by atoms with Crippen LogP contribution in [0.1, 0.15) is 23.9 Å². The summed E-state index contributed by atoms with van der Waals surface area (Å²) in [7, 11) is 0. The van der Waals surface area contributed by atoms with Gasteiger partial charge in [0.15, 0.2) is 6.10 Å². The highest BCUT2D eigenvalue weighted by Gasteiger charge is 2.29. The van der Waals surface area contributed by atoms with Crippen LogP contribution >= 0.6 is 11.3 Å². The summed E-state index contributed by atoms with van der Waals surface area (Å²) >= 11 is 1.58. The van der Waals surface area contributed by atoms with Crippen LogP contribution in [-0.2, 0) is 27.2 Å². The summed E-state index contributed by atoms with van der Waals surface area (Å²) in [4.78, 5) is 31.1. The van der Waals surface area contributed by atoms with Crippen molar-refractivity contribution in [2.24, 2.45) is 0 Å². The Balaban J connectivity index is 1.33. The Kier molecular flexibility index (Phi) is 4.90. The molecule has 1 aliphatic rings.